The zero-order chi connectivity index (χ0) is 15.5. The van der Waals surface area contributed by atoms with Crippen LogP contribution in [-0.4, -0.2) is 7.11 Å². The Labute approximate surface area is 128 Å². The number of aryl methyl sites for hydroxylation is 1. The van der Waals surface area contributed by atoms with Crippen LogP contribution in [0.25, 0.3) is 22.3 Å². The Morgan fingerprint density at radius 3 is 2.23 bits per heavy atom. The molecule has 3 heteroatoms. The van der Waals surface area contributed by atoms with Gasteiger partial charge in [0.2, 0.25) is 0 Å². The lowest BCUT2D eigenvalue weighted by Gasteiger charge is -2.10. The molecule has 0 fully saturated rings. The first-order chi connectivity index (χ1) is 10.7. The summed E-state index contributed by atoms with van der Waals surface area (Å²) in [6.07, 6.45) is 0. The van der Waals surface area contributed by atoms with Crippen molar-refractivity contribution in [3.05, 3.63) is 76.8 Å². The van der Waals surface area contributed by atoms with Crippen LogP contribution in [0.4, 0.5) is 0 Å². The lowest BCUT2D eigenvalue weighted by Crippen LogP contribution is -2.06. The van der Waals surface area contributed by atoms with E-state index in [9.17, 15) is 4.79 Å². The molecule has 0 radical (unpaired) electrons. The highest BCUT2D eigenvalue weighted by Crippen LogP contribution is 2.31. The van der Waals surface area contributed by atoms with Gasteiger partial charge in [-0.2, -0.15) is 0 Å². The van der Waals surface area contributed by atoms with Crippen LogP contribution < -0.4 is 10.4 Å². The summed E-state index contributed by atoms with van der Waals surface area (Å²) in [7, 11) is 1.62. The molecule has 0 N–H and O–H groups in total. The maximum Gasteiger partial charge on any atom is 0.344 e. The van der Waals surface area contributed by atoms with E-state index in [-0.39, 0.29) is 5.63 Å². The van der Waals surface area contributed by atoms with E-state index < -0.39 is 0 Å². The normalized spacial score (nSPS) is 10.5. The van der Waals surface area contributed by atoms with Crippen molar-refractivity contribution in [2.24, 2.45) is 0 Å². The quantitative estimate of drug-likeness (QED) is 0.723. The van der Waals surface area contributed by atoms with Gasteiger partial charge in [-0.1, -0.05) is 42.5 Å². The zero-order valence-electron chi connectivity index (χ0n) is 12.5. The number of benzene rings is 2. The van der Waals surface area contributed by atoms with Gasteiger partial charge in [0.25, 0.3) is 0 Å². The highest BCUT2D eigenvalue weighted by molar-refractivity contribution is 5.82. The Morgan fingerprint density at radius 2 is 1.59 bits per heavy atom. The summed E-state index contributed by atoms with van der Waals surface area (Å²) in [5.74, 6) is 1.35. The van der Waals surface area contributed by atoms with Crippen molar-refractivity contribution < 1.29 is 9.15 Å². The predicted molar refractivity (Wildman–Crippen MR) is 87.1 cm³/mol. The van der Waals surface area contributed by atoms with E-state index in [2.05, 4.69) is 0 Å². The van der Waals surface area contributed by atoms with E-state index in [1.165, 1.54) is 0 Å². The molecule has 0 saturated heterocycles. The predicted octanol–water partition coefficient (Wildman–Crippen LogP) is 4.29. The minimum atomic E-state index is -0.330. The van der Waals surface area contributed by atoms with Crippen LogP contribution in [0.3, 0.4) is 0 Å². The molecule has 0 bridgehead atoms. The van der Waals surface area contributed by atoms with Crippen molar-refractivity contribution in [1.82, 2.24) is 0 Å². The minimum Gasteiger partial charge on any atom is -0.497 e. The lowest BCUT2D eigenvalue weighted by atomic mass is 9.96. The van der Waals surface area contributed by atoms with Gasteiger partial charge in [-0.25, -0.2) is 4.79 Å². The van der Waals surface area contributed by atoms with Gasteiger partial charge in [0.15, 0.2) is 0 Å². The second-order valence-corrected chi connectivity index (χ2v) is 5.03. The Kier molecular flexibility index (Phi) is 3.79. The van der Waals surface area contributed by atoms with Crippen molar-refractivity contribution in [3.8, 4) is 28.0 Å². The molecule has 110 valence electrons. The van der Waals surface area contributed by atoms with Crippen LogP contribution in [0.15, 0.2) is 69.9 Å². The molecule has 0 aliphatic carbocycles. The van der Waals surface area contributed by atoms with Crippen molar-refractivity contribution in [2.75, 3.05) is 7.11 Å². The number of ether oxygens (including phenoxy) is 1. The molecule has 3 rings (SSSR count). The summed E-state index contributed by atoms with van der Waals surface area (Å²) in [6, 6.07) is 19.1. The van der Waals surface area contributed by atoms with E-state index in [4.69, 9.17) is 9.15 Å². The van der Waals surface area contributed by atoms with Crippen LogP contribution in [0.5, 0.6) is 5.75 Å². The van der Waals surface area contributed by atoms with Gasteiger partial charge < -0.3 is 9.15 Å². The van der Waals surface area contributed by atoms with Crippen LogP contribution in [0.2, 0.25) is 0 Å². The molecule has 2 aromatic carbocycles. The molecule has 0 unspecified atom stereocenters. The standard InChI is InChI=1S/C19H16O3/c1-13-12-17(14-6-4-3-5-7-14)18(19(20)22-13)15-8-10-16(21-2)11-9-15/h3-12H,1-2H3. The van der Waals surface area contributed by atoms with E-state index in [0.717, 1.165) is 22.4 Å². The Bertz CT molecular complexity index is 831. The van der Waals surface area contributed by atoms with Crippen LogP contribution in [-0.2, 0) is 0 Å². The topological polar surface area (TPSA) is 39.4 Å². The molecule has 0 atom stereocenters. The monoisotopic (exact) mass is 292 g/mol. The fraction of sp³-hybridized carbons (Fsp3) is 0.105. The van der Waals surface area contributed by atoms with E-state index in [1.807, 2.05) is 60.7 Å². The molecular formula is C19H16O3. The lowest BCUT2D eigenvalue weighted by molar-refractivity contribution is 0.415. The third-order valence-electron chi connectivity index (χ3n) is 3.54. The summed E-state index contributed by atoms with van der Waals surface area (Å²) in [5.41, 5.74) is 2.92. The van der Waals surface area contributed by atoms with Crippen molar-refractivity contribution in [1.29, 1.82) is 0 Å². The average molecular weight is 292 g/mol. The summed E-state index contributed by atoms with van der Waals surface area (Å²) >= 11 is 0. The van der Waals surface area contributed by atoms with Crippen LogP contribution in [0, 0.1) is 6.92 Å². The molecule has 1 heterocycles. The largest absolute Gasteiger partial charge is 0.497 e. The van der Waals surface area contributed by atoms with E-state index >= 15 is 0 Å². The molecule has 3 nitrogen and oxygen atoms in total. The van der Waals surface area contributed by atoms with E-state index in [0.29, 0.717) is 11.3 Å². The number of hydrogen-bond acceptors (Lipinski definition) is 3. The highest BCUT2D eigenvalue weighted by Gasteiger charge is 2.14. The number of hydrogen-bond donors (Lipinski definition) is 0. The van der Waals surface area contributed by atoms with Crippen molar-refractivity contribution in [2.45, 2.75) is 6.92 Å². The number of rotatable bonds is 3. The second-order valence-electron chi connectivity index (χ2n) is 5.03. The molecule has 0 aliphatic rings. The molecule has 0 spiro atoms. The number of methoxy groups -OCH3 is 1. The van der Waals surface area contributed by atoms with Crippen molar-refractivity contribution in [3.63, 3.8) is 0 Å². The van der Waals surface area contributed by atoms with Gasteiger partial charge in [-0.05, 0) is 36.2 Å². The minimum absolute atomic E-state index is 0.330. The Balaban J connectivity index is 2.24. The van der Waals surface area contributed by atoms with Crippen LogP contribution in [0.1, 0.15) is 5.76 Å². The van der Waals surface area contributed by atoms with Crippen molar-refractivity contribution >= 4 is 0 Å². The SMILES string of the molecule is COc1ccc(-c2c(-c3ccccc3)cc(C)oc2=O)cc1. The molecule has 3 aromatic rings. The maximum absolute atomic E-state index is 12.4. The van der Waals surface area contributed by atoms with Gasteiger partial charge >= 0.3 is 5.63 Å². The summed E-state index contributed by atoms with van der Waals surface area (Å²) in [5, 5.41) is 0. The van der Waals surface area contributed by atoms with Gasteiger partial charge in [0.05, 0.1) is 12.7 Å². The third kappa shape index (κ3) is 2.66. The zero-order valence-corrected chi connectivity index (χ0v) is 12.5. The first-order valence-electron chi connectivity index (χ1n) is 7.03. The molecule has 1 aromatic heterocycles. The fourth-order valence-corrected chi connectivity index (χ4v) is 2.49. The van der Waals surface area contributed by atoms with Crippen LogP contribution >= 0.6 is 0 Å². The molecule has 0 amide bonds. The fourth-order valence-electron chi connectivity index (χ4n) is 2.49. The first kappa shape index (κ1) is 14.1. The summed E-state index contributed by atoms with van der Waals surface area (Å²) in [6.45, 7) is 1.78. The van der Waals surface area contributed by atoms with Gasteiger partial charge in [0, 0.05) is 5.56 Å². The van der Waals surface area contributed by atoms with Gasteiger partial charge in [0.1, 0.15) is 11.5 Å². The highest BCUT2D eigenvalue weighted by atomic mass is 16.5. The molecular weight excluding hydrogens is 276 g/mol. The molecule has 22 heavy (non-hydrogen) atoms. The Morgan fingerprint density at radius 1 is 0.909 bits per heavy atom. The molecule has 0 saturated carbocycles. The first-order valence-corrected chi connectivity index (χ1v) is 7.03. The second kappa shape index (κ2) is 5.90. The average Bonchev–Trinajstić information content (AvgIpc) is 2.55. The third-order valence-corrected chi connectivity index (χ3v) is 3.54. The van der Waals surface area contributed by atoms with Gasteiger partial charge in [-0.15, -0.1) is 0 Å². The summed E-state index contributed by atoms with van der Waals surface area (Å²) in [4.78, 5) is 12.4. The maximum atomic E-state index is 12.4. The smallest absolute Gasteiger partial charge is 0.344 e. The molecule has 0 aliphatic heterocycles. The summed E-state index contributed by atoms with van der Waals surface area (Å²) < 4.78 is 10.5. The van der Waals surface area contributed by atoms with Gasteiger partial charge in [-0.3, -0.25) is 0 Å². The Hall–Kier alpha value is -2.81. The van der Waals surface area contributed by atoms with E-state index in [1.54, 1.807) is 14.0 Å².